The van der Waals surface area contributed by atoms with Crippen molar-refractivity contribution in [2.75, 3.05) is 95.6 Å². The minimum atomic E-state index is 0. The number of para-hydroxylation sites is 10. The van der Waals surface area contributed by atoms with E-state index in [9.17, 15) is 0 Å². The molecule has 0 unspecified atom stereocenters. The van der Waals surface area contributed by atoms with Gasteiger partial charge >= 0.3 is 0 Å². The van der Waals surface area contributed by atoms with Crippen LogP contribution in [0.1, 0.15) is 114 Å². The van der Waals surface area contributed by atoms with Crippen LogP contribution in [0, 0.1) is 48.5 Å². The van der Waals surface area contributed by atoms with Gasteiger partial charge in [-0.25, -0.2) is 0 Å². The van der Waals surface area contributed by atoms with Gasteiger partial charge in [-0.1, -0.05) is 253 Å². The van der Waals surface area contributed by atoms with Crippen molar-refractivity contribution in [3.63, 3.8) is 0 Å². The van der Waals surface area contributed by atoms with Crippen molar-refractivity contribution in [3.05, 3.63) is 396 Å². The van der Waals surface area contributed by atoms with Gasteiger partial charge in [0.1, 0.15) is 0 Å². The molecular weight excluding hydrogens is 1860 g/mol. The van der Waals surface area contributed by atoms with Crippen LogP contribution in [0.4, 0.5) is 91.0 Å². The Morgan fingerprint density at radius 1 is 0.258 bits per heavy atom. The summed E-state index contributed by atoms with van der Waals surface area (Å²) in [6, 6.07) is 133. The molecule has 4 aliphatic rings. The van der Waals surface area contributed by atoms with Gasteiger partial charge < -0.3 is 48.3 Å². The van der Waals surface area contributed by atoms with E-state index in [1.54, 1.807) is 0 Å². The van der Waals surface area contributed by atoms with E-state index >= 15 is 0 Å². The molecule has 0 saturated heterocycles. The van der Waals surface area contributed by atoms with Crippen LogP contribution in [0.3, 0.4) is 0 Å². The van der Waals surface area contributed by atoms with E-state index < -0.39 is 0 Å². The van der Waals surface area contributed by atoms with E-state index in [0.717, 1.165) is 76.9 Å². The van der Waals surface area contributed by atoms with E-state index in [1.165, 1.54) is 128 Å². The van der Waals surface area contributed by atoms with Crippen molar-refractivity contribution in [2.45, 2.75) is 94.9 Å². The molecule has 2 aromatic heterocycles. The molecule has 644 valence electrons. The maximum atomic E-state index is 3.60. The molecular formula is C114H118N10Y4-8. The minimum Gasteiger partial charge on any atom is -0.397 e. The van der Waals surface area contributed by atoms with Crippen LogP contribution in [0.2, 0.25) is 0 Å². The second-order valence-electron chi connectivity index (χ2n) is 29.5. The molecule has 0 aliphatic carbocycles. The molecule has 15 aromatic carbocycles. The monoisotopic (exact) mass is 1980 g/mol. The molecule has 14 heteroatoms. The van der Waals surface area contributed by atoms with E-state index in [0.29, 0.717) is 0 Å². The zero-order chi connectivity index (χ0) is 88.1. The SMILES string of the molecule is CC.CC.CC.CC.CC.CN(c1[c-]cccc1)c1[c-]c2c(cc1)Cc1ccccc1N2C.CN(c1[c-]cccc1)c1[c-]c2c(cc1)N(C)c1ccccc1C2.CN(c1[c-]cccc1)c1[c-]cc2c(c1)N(C)c1ccccc1C2.CN(c1[c-]cccc1)c1[c-]ccc2c1Cc1ccccc1N2C.Cn1c2ccccc2c2c1ccc1c3ccccc3n(C)c12.[Y].[Y].[Y].[Y]. The van der Waals surface area contributed by atoms with E-state index in [-0.39, 0.29) is 131 Å². The van der Waals surface area contributed by atoms with Crippen LogP contribution in [-0.4, -0.2) is 65.5 Å². The zero-order valence-corrected chi connectivity index (χ0v) is 89.8. The summed E-state index contributed by atoms with van der Waals surface area (Å²) in [5, 5.41) is 5.35. The molecule has 0 saturated carbocycles. The third-order valence-corrected chi connectivity index (χ3v) is 22.9. The van der Waals surface area contributed by atoms with Gasteiger partial charge in [0.2, 0.25) is 0 Å². The molecule has 0 bridgehead atoms. The Hall–Kier alpha value is -9.28. The summed E-state index contributed by atoms with van der Waals surface area (Å²) in [6.45, 7) is 20.0. The fourth-order valence-electron chi connectivity index (χ4n) is 16.8. The molecule has 6 heterocycles. The smallest absolute Gasteiger partial charge is 0.0590 e. The van der Waals surface area contributed by atoms with Crippen molar-refractivity contribution in [1.29, 1.82) is 0 Å². The number of hydrogen-bond acceptors (Lipinski definition) is 8. The van der Waals surface area contributed by atoms with Gasteiger partial charge in [-0.3, -0.25) is 0 Å². The molecule has 4 radical (unpaired) electrons. The maximum absolute atomic E-state index is 3.60. The fraction of sp³-hybridized carbons (Fsp3) is 0.211. The zero-order valence-electron chi connectivity index (χ0n) is 78.5. The summed E-state index contributed by atoms with van der Waals surface area (Å²) in [5.41, 5.74) is 34.3. The second kappa shape index (κ2) is 50.2. The molecule has 0 spiro atoms. The van der Waals surface area contributed by atoms with Crippen molar-refractivity contribution in [1.82, 2.24) is 9.13 Å². The first-order valence-electron chi connectivity index (χ1n) is 43.8. The predicted octanol–water partition coefficient (Wildman–Crippen LogP) is 29.0. The molecule has 10 nitrogen and oxygen atoms in total. The van der Waals surface area contributed by atoms with Crippen LogP contribution < -0.4 is 39.2 Å². The molecule has 128 heavy (non-hydrogen) atoms. The van der Waals surface area contributed by atoms with Gasteiger partial charge in [-0.2, -0.15) is 133 Å². The summed E-state index contributed by atoms with van der Waals surface area (Å²) in [7, 11) is 21.1. The number of aromatic nitrogens is 2. The van der Waals surface area contributed by atoms with Crippen LogP contribution in [0.25, 0.3) is 43.6 Å². The Balaban J connectivity index is 0.000000191. The Labute approximate surface area is 865 Å². The second-order valence-corrected chi connectivity index (χ2v) is 29.5. The number of aryl methyl sites for hydroxylation is 2. The molecule has 0 fully saturated rings. The van der Waals surface area contributed by atoms with E-state index in [1.807, 2.05) is 148 Å². The van der Waals surface area contributed by atoms with Crippen molar-refractivity contribution >= 4 is 135 Å². The summed E-state index contributed by atoms with van der Waals surface area (Å²) < 4.78 is 4.63. The third-order valence-electron chi connectivity index (χ3n) is 22.9. The number of rotatable bonds is 8. The first-order chi connectivity index (χ1) is 60.7. The average molecular weight is 1980 g/mol. The van der Waals surface area contributed by atoms with Crippen LogP contribution in [0.5, 0.6) is 0 Å². The quantitative estimate of drug-likeness (QED) is 0.139. The molecule has 4 aliphatic heterocycles. The predicted molar refractivity (Wildman–Crippen MR) is 535 cm³/mol. The standard InChI is InChI=1S/4C21H18N2.C20H16N2.5C2H6.4Y/c1-22(17-10-4-3-5-11-17)20-13-8-14-21-18(20)15-16-9-6-7-12-19(16)23(21)2;1-22(18-9-4-3-5-10-18)19-12-13-21-17(15-19)14-16-8-6-7-11-20(16)23(21)2;2*1-22(18-9-4-3-5-10-18)19-13-12-17-14-16-8-6-7-11-20(16)23(2)21(17)15-19;1-21-17-10-6-4-8-15(17)19-18(21)12-11-14-13-7-3-5-9-16(13)22(2)20(14)19;5*1-2;;;;/h3-10,12,14H,15H2,1-2H3;3-9,11-13H,14H2,1-2H3;3-9,11-12,15H,14H2,1-2H3;3-9,11-13H,14H2,1-2H3;3-12H,1-2H3;5*1-2H3;;;;/q4*-2;;;;;;;;;;. The average Bonchev–Trinajstić information content (AvgIpc) is 1.57. The Bertz CT molecular complexity index is 6190. The van der Waals surface area contributed by atoms with Crippen LogP contribution in [0.15, 0.2) is 303 Å². The van der Waals surface area contributed by atoms with Gasteiger partial charge in [-0.05, 0) is 97.4 Å². The molecule has 0 N–H and O–H groups in total. The summed E-state index contributed by atoms with van der Waals surface area (Å²) in [5.74, 6) is 0. The van der Waals surface area contributed by atoms with Crippen molar-refractivity contribution < 1.29 is 131 Å². The fourth-order valence-corrected chi connectivity index (χ4v) is 16.8. The number of fused-ring (bicyclic) bond motifs is 15. The number of hydrogen-bond donors (Lipinski definition) is 0. The van der Waals surface area contributed by atoms with Gasteiger partial charge in [0, 0.05) is 250 Å². The Kier molecular flexibility index (Phi) is 40.8. The number of anilines is 16. The summed E-state index contributed by atoms with van der Waals surface area (Å²) in [6.07, 6.45) is 3.79. The third kappa shape index (κ3) is 22.6. The Morgan fingerprint density at radius 3 is 1.18 bits per heavy atom. The molecule has 0 atom stereocenters. The van der Waals surface area contributed by atoms with Gasteiger partial charge in [0.15, 0.2) is 0 Å². The van der Waals surface area contributed by atoms with Crippen molar-refractivity contribution in [2.24, 2.45) is 14.1 Å². The van der Waals surface area contributed by atoms with E-state index in [4.69, 9.17) is 0 Å². The number of benzene rings is 15. The topological polar surface area (TPSA) is 35.8 Å². The Morgan fingerprint density at radius 2 is 0.664 bits per heavy atom. The maximum Gasteiger partial charge on any atom is 0.0590 e. The summed E-state index contributed by atoms with van der Waals surface area (Å²) in [4.78, 5) is 17.6. The van der Waals surface area contributed by atoms with E-state index in [2.05, 4.69) is 392 Å². The van der Waals surface area contributed by atoms with Crippen LogP contribution in [-0.2, 0) is 171 Å². The molecule has 0 amide bonds. The largest absolute Gasteiger partial charge is 0.397 e. The van der Waals surface area contributed by atoms with Gasteiger partial charge in [-0.15, -0.1) is 82.9 Å². The van der Waals surface area contributed by atoms with Gasteiger partial charge in [0.25, 0.3) is 0 Å². The van der Waals surface area contributed by atoms with Crippen molar-refractivity contribution in [3.8, 4) is 0 Å². The minimum absolute atomic E-state index is 0. The molecule has 21 rings (SSSR count). The first kappa shape index (κ1) is 104. The first-order valence-corrected chi connectivity index (χ1v) is 43.8. The molecule has 17 aromatic rings. The van der Waals surface area contributed by atoms with Gasteiger partial charge in [0.05, 0.1) is 11.0 Å². The summed E-state index contributed by atoms with van der Waals surface area (Å²) >= 11 is 0. The normalized spacial score (nSPS) is 11.3. The van der Waals surface area contributed by atoms with Crippen LogP contribution >= 0.6 is 0 Å². The number of nitrogens with zero attached hydrogens (tertiary/aromatic N) is 10.